The van der Waals surface area contributed by atoms with E-state index in [1.165, 1.54) is 11.3 Å². The summed E-state index contributed by atoms with van der Waals surface area (Å²) < 4.78 is 6.92. The van der Waals surface area contributed by atoms with E-state index in [9.17, 15) is 14.4 Å². The van der Waals surface area contributed by atoms with Gasteiger partial charge in [0.2, 0.25) is 5.91 Å². The lowest BCUT2D eigenvalue weighted by atomic mass is 10.1. The lowest BCUT2D eigenvalue weighted by molar-refractivity contribution is -0.119. The Bertz CT molecular complexity index is 1160. The van der Waals surface area contributed by atoms with Gasteiger partial charge in [-0.25, -0.2) is 4.68 Å². The van der Waals surface area contributed by atoms with E-state index in [0.29, 0.717) is 50.6 Å². The van der Waals surface area contributed by atoms with E-state index >= 15 is 0 Å². The van der Waals surface area contributed by atoms with Crippen LogP contribution >= 0.6 is 11.3 Å². The van der Waals surface area contributed by atoms with Crippen LogP contribution in [0, 0.1) is 5.92 Å². The Kier molecular flexibility index (Phi) is 6.41. The minimum Gasteiger partial charge on any atom is -0.381 e. The normalized spacial score (nSPS) is 18.2. The second kappa shape index (κ2) is 9.78. The number of ether oxygens (including phenoxy) is 1. The smallest absolute Gasteiger partial charge is 0.264 e. The van der Waals surface area contributed by atoms with Gasteiger partial charge in [0.1, 0.15) is 0 Å². The lowest BCUT2D eigenvalue weighted by Crippen LogP contribution is -2.50. The minimum atomic E-state index is -0.121. The summed E-state index contributed by atoms with van der Waals surface area (Å²) in [6.07, 6.45) is 4.08. The van der Waals surface area contributed by atoms with Crippen molar-refractivity contribution in [3.63, 3.8) is 0 Å². The van der Waals surface area contributed by atoms with Gasteiger partial charge in [-0.05, 0) is 42.1 Å². The van der Waals surface area contributed by atoms with Crippen LogP contribution in [0.5, 0.6) is 0 Å². The molecule has 2 fully saturated rings. The zero-order chi connectivity index (χ0) is 23.5. The predicted molar refractivity (Wildman–Crippen MR) is 127 cm³/mol. The highest BCUT2D eigenvalue weighted by Gasteiger charge is 2.26. The first kappa shape index (κ1) is 22.3. The number of nitrogens with one attached hydrogen (secondary N) is 1. The summed E-state index contributed by atoms with van der Waals surface area (Å²) in [5.74, 6) is -0.209. The van der Waals surface area contributed by atoms with Gasteiger partial charge in [0.25, 0.3) is 11.8 Å². The molecular formula is C24H25N5O4S. The fraction of sp³-hybridized carbons (Fsp3) is 0.333. The van der Waals surface area contributed by atoms with E-state index in [0.717, 1.165) is 17.0 Å². The van der Waals surface area contributed by atoms with E-state index in [-0.39, 0.29) is 23.6 Å². The Balaban J connectivity index is 1.17. The third-order valence-corrected chi connectivity index (χ3v) is 6.97. The summed E-state index contributed by atoms with van der Waals surface area (Å²) in [5, 5.41) is 9.08. The molecule has 1 N–H and O–H groups in total. The number of thiophene rings is 1. The van der Waals surface area contributed by atoms with Crippen LogP contribution in [0.25, 0.3) is 5.69 Å². The van der Waals surface area contributed by atoms with Gasteiger partial charge < -0.3 is 19.9 Å². The zero-order valence-corrected chi connectivity index (χ0v) is 19.4. The second-order valence-electron chi connectivity index (χ2n) is 8.33. The van der Waals surface area contributed by atoms with Crippen LogP contribution in [0.1, 0.15) is 26.5 Å². The molecule has 2 aliphatic heterocycles. The maximum atomic E-state index is 12.9. The fourth-order valence-corrected chi connectivity index (χ4v) is 4.81. The summed E-state index contributed by atoms with van der Waals surface area (Å²) in [5.41, 5.74) is 1.99. The van der Waals surface area contributed by atoms with Gasteiger partial charge in [-0.15, -0.1) is 11.3 Å². The van der Waals surface area contributed by atoms with E-state index in [4.69, 9.17) is 4.74 Å². The number of anilines is 1. The molecule has 1 aromatic carbocycles. The van der Waals surface area contributed by atoms with Gasteiger partial charge in [-0.2, -0.15) is 5.10 Å². The Morgan fingerprint density at radius 3 is 2.38 bits per heavy atom. The van der Waals surface area contributed by atoms with E-state index in [2.05, 4.69) is 10.4 Å². The van der Waals surface area contributed by atoms with E-state index in [1.807, 2.05) is 29.6 Å². The summed E-state index contributed by atoms with van der Waals surface area (Å²) in [7, 11) is 0. The molecule has 0 saturated carbocycles. The van der Waals surface area contributed by atoms with Gasteiger partial charge in [0, 0.05) is 38.3 Å². The lowest BCUT2D eigenvalue weighted by Gasteiger charge is -2.34. The maximum Gasteiger partial charge on any atom is 0.264 e. The first-order valence-corrected chi connectivity index (χ1v) is 12.1. The zero-order valence-electron chi connectivity index (χ0n) is 18.6. The molecule has 2 saturated heterocycles. The van der Waals surface area contributed by atoms with Gasteiger partial charge in [0.15, 0.2) is 0 Å². The van der Waals surface area contributed by atoms with Crippen LogP contribution in [-0.4, -0.2) is 76.7 Å². The molecule has 9 nitrogen and oxygen atoms in total. The van der Waals surface area contributed by atoms with E-state index < -0.39 is 0 Å². The molecule has 5 rings (SSSR count). The Labute approximate surface area is 200 Å². The van der Waals surface area contributed by atoms with Crippen molar-refractivity contribution in [2.75, 3.05) is 44.7 Å². The third-order valence-electron chi connectivity index (χ3n) is 6.12. The molecule has 0 spiro atoms. The summed E-state index contributed by atoms with van der Waals surface area (Å²) >= 11 is 1.43. The Morgan fingerprint density at radius 1 is 1.00 bits per heavy atom. The molecule has 0 radical (unpaired) electrons. The largest absolute Gasteiger partial charge is 0.381 e. The number of amides is 3. The molecular weight excluding hydrogens is 454 g/mol. The monoisotopic (exact) mass is 479 g/mol. The van der Waals surface area contributed by atoms with Crippen LogP contribution in [0.3, 0.4) is 0 Å². The average molecular weight is 480 g/mol. The number of carbonyl (C=O) groups is 3. The van der Waals surface area contributed by atoms with E-state index in [1.54, 1.807) is 39.0 Å². The fourth-order valence-electron chi connectivity index (χ4n) is 4.12. The van der Waals surface area contributed by atoms with Gasteiger partial charge in [0.05, 0.1) is 41.2 Å². The number of aromatic nitrogens is 2. The number of piperazine rings is 1. The number of carbonyl (C=O) groups excluding carboxylic acids is 3. The highest BCUT2D eigenvalue weighted by Crippen LogP contribution is 2.19. The molecule has 3 aromatic rings. The van der Waals surface area contributed by atoms with Crippen LogP contribution in [0.2, 0.25) is 0 Å². The molecule has 176 valence electrons. The van der Waals surface area contributed by atoms with Crippen molar-refractivity contribution in [1.29, 1.82) is 0 Å². The van der Waals surface area contributed by atoms with Crippen LogP contribution < -0.4 is 5.32 Å². The van der Waals surface area contributed by atoms with Crippen molar-refractivity contribution in [2.45, 2.75) is 6.42 Å². The molecule has 34 heavy (non-hydrogen) atoms. The van der Waals surface area contributed by atoms with Crippen LogP contribution in [0.4, 0.5) is 5.69 Å². The summed E-state index contributed by atoms with van der Waals surface area (Å²) in [6.45, 7) is 3.13. The van der Waals surface area contributed by atoms with Gasteiger partial charge in [-0.3, -0.25) is 14.4 Å². The minimum absolute atomic E-state index is 0.0257. The highest BCUT2D eigenvalue weighted by molar-refractivity contribution is 7.12. The van der Waals surface area contributed by atoms with Crippen molar-refractivity contribution in [2.24, 2.45) is 5.92 Å². The number of hydrogen-bond acceptors (Lipinski definition) is 6. The molecule has 2 aliphatic rings. The molecule has 1 unspecified atom stereocenters. The molecule has 0 aliphatic carbocycles. The first-order chi connectivity index (χ1) is 16.6. The molecule has 3 amide bonds. The molecule has 2 aromatic heterocycles. The SMILES string of the molecule is O=C(Nc1cnn(-c2ccc(C(=O)N3CCN(C(=O)c4cccs4)CC3)cc2)c1)C1CCOC1. The maximum absolute atomic E-state index is 12.9. The standard InChI is InChI=1S/C24H25N5O4S/c30-22(18-7-12-33-16-18)26-19-14-25-29(15-19)20-5-3-17(4-6-20)23(31)27-8-10-28(11-9-27)24(32)21-2-1-13-34-21/h1-6,13-15,18H,7-12,16H2,(H,26,30). The first-order valence-electron chi connectivity index (χ1n) is 11.2. The molecule has 0 bridgehead atoms. The van der Waals surface area contributed by atoms with Crippen molar-refractivity contribution < 1.29 is 19.1 Å². The van der Waals surface area contributed by atoms with Gasteiger partial charge >= 0.3 is 0 Å². The van der Waals surface area contributed by atoms with Crippen molar-refractivity contribution in [3.8, 4) is 5.69 Å². The highest BCUT2D eigenvalue weighted by atomic mass is 32.1. The quantitative estimate of drug-likeness (QED) is 0.607. The number of benzene rings is 1. The molecule has 4 heterocycles. The number of nitrogens with zero attached hydrogens (tertiary/aromatic N) is 4. The average Bonchev–Trinajstić information content (AvgIpc) is 3.66. The molecule has 10 heteroatoms. The topological polar surface area (TPSA) is 96.8 Å². The molecule has 1 atom stereocenters. The van der Waals surface area contributed by atoms with Crippen molar-refractivity contribution >= 4 is 34.7 Å². The van der Waals surface area contributed by atoms with Crippen molar-refractivity contribution in [3.05, 3.63) is 64.6 Å². The second-order valence-corrected chi connectivity index (χ2v) is 9.28. The predicted octanol–water partition coefficient (Wildman–Crippen LogP) is 2.51. The third kappa shape index (κ3) is 4.73. The van der Waals surface area contributed by atoms with Crippen LogP contribution in [-0.2, 0) is 9.53 Å². The van der Waals surface area contributed by atoms with Crippen LogP contribution in [0.15, 0.2) is 54.2 Å². The van der Waals surface area contributed by atoms with Crippen molar-refractivity contribution in [1.82, 2.24) is 19.6 Å². The number of hydrogen-bond donors (Lipinski definition) is 1. The van der Waals surface area contributed by atoms with Gasteiger partial charge in [-0.1, -0.05) is 6.07 Å². The Morgan fingerprint density at radius 2 is 1.74 bits per heavy atom. The Hall–Kier alpha value is -3.50. The number of rotatable bonds is 5. The summed E-state index contributed by atoms with van der Waals surface area (Å²) in [6, 6.07) is 10.9. The summed E-state index contributed by atoms with van der Waals surface area (Å²) in [4.78, 5) is 42.0.